The van der Waals surface area contributed by atoms with Gasteiger partial charge in [-0.05, 0) is 322 Å². The number of phenolic OH excluding ortho intramolecular Hbond substituents is 4. The second kappa shape index (κ2) is 35.0. The van der Waals surface area contributed by atoms with Gasteiger partial charge in [0.15, 0.2) is 46.0 Å². The van der Waals surface area contributed by atoms with E-state index in [-0.39, 0.29) is 99.6 Å². The normalized spacial score (nSPS) is 34.4. The molecule has 20 atom stereocenters. The number of esters is 1. The number of pyridine rings is 4. The van der Waals surface area contributed by atoms with Crippen molar-refractivity contribution in [2.75, 3.05) is 59.5 Å². The van der Waals surface area contributed by atoms with Crippen LogP contribution in [-0.4, -0.2) is 265 Å². The molecular formula is C117H138N12O18. The molecule has 9 saturated carbocycles. The molecule has 12 N–H and O–H groups in total. The van der Waals surface area contributed by atoms with E-state index in [2.05, 4.69) is 81.6 Å². The van der Waals surface area contributed by atoms with Gasteiger partial charge in [-0.1, -0.05) is 64.8 Å². The second-order valence-electron chi connectivity index (χ2n) is 48.6. The van der Waals surface area contributed by atoms with E-state index in [9.17, 15) is 64.8 Å². The third-order valence-electron chi connectivity index (χ3n) is 40.1. The predicted molar refractivity (Wildman–Crippen MR) is 542 cm³/mol. The molecule has 12 heterocycles. The van der Waals surface area contributed by atoms with E-state index in [1.54, 1.807) is 67.4 Å². The van der Waals surface area contributed by atoms with Gasteiger partial charge in [-0.2, -0.15) is 0 Å². The monoisotopic (exact) mass is 2000 g/mol. The fourth-order valence-corrected chi connectivity index (χ4v) is 32.7. The number of aliphatic hydroxyl groups is 4. The van der Waals surface area contributed by atoms with E-state index in [1.165, 1.54) is 106 Å². The Morgan fingerprint density at radius 2 is 0.680 bits per heavy atom. The lowest BCUT2D eigenvalue weighted by atomic mass is 9.48. The van der Waals surface area contributed by atoms with Gasteiger partial charge < -0.3 is 85.8 Å². The fourth-order valence-electron chi connectivity index (χ4n) is 32.7. The standard InChI is InChI=1S/C31H37N3O4.C30H37N3O4.C28H31N3O6.C28H33N3O4/c35-24-8-7-20-15-25-31(37)11-9-23(33-29(36)21-10-13-32-16-22(21)19-3-1-2-4-19)28-30(31,26(20)27(24)38-28)12-14-34(25)17-18-5-6-18;1-28(2,3)20-15-31-12-9-19(20)27(35)32-21-8-10-30(36)23-14-18-6-7-22(34)25-24(18)29(30,26(21)37-25)11-13-33(23)16-17-4-5-17;1-36-26(34)18-13-29-10-7-17(18)25(33)30-19-6-8-28(35)21-12-16-4-5-20(32)23-22(16)27(28,24(19)37-23)9-11-31(21)14-15-2-3-15;1-2-17-14-29-11-8-19(17)26(33)30-20-7-9-28(34)22-13-18-5-6-21(32)24-23(18)27(28,25(20)35-24)10-12-31(22)15-16-3-4-16/h7-8,10,13,16,18-19,23,25,28,35,37H,1-6,9,11-12,14-15,17H2,(H,33,36);6-7,9,12,15,17,21,23,26,34,36H,4-5,8,10-11,13-14,16H2,1-3H3,(H,32,35);4-5,7,10,13,15,19,21,24,32,35H,2-3,6,8-9,11-12,14H2,1H3,(H,30,33);5-6,8,11,14,16,20,22,25,32,34H,2-4,7,9-10,12-13,15H2,1H3,(H,30,33)/t23-,25-,28+,30+,31-;21-,23-,26+,29+,30-;19-,21-,24+,27+,28-;20-,22-,25+,27+,28-/m1111/s1. The van der Waals surface area contributed by atoms with E-state index in [4.69, 9.17) is 23.7 Å². The van der Waals surface area contributed by atoms with E-state index in [0.29, 0.717) is 109 Å². The molecule has 4 amide bonds. The van der Waals surface area contributed by atoms with Crippen molar-refractivity contribution in [3.8, 4) is 46.0 Å². The SMILES string of the molecule is CC(C)(C)c1cnccc1C(=O)N[C@@H]1CC[C@@]2(O)[C@H]3Cc4ccc(O)c5c4[C@@]2(CCN3CC2CC2)[C@H]1O5.CCc1cnccc1C(=O)N[C@@H]1CC[C@@]2(O)[C@H]3Cc4ccc(O)c5c4[C@@]2(CCN3CC2CC2)[C@H]1O5.COC(=O)c1cnccc1C(=O)N[C@@H]1CC[C@@]2(O)[C@H]3Cc4ccc(O)c5c4[C@@]2(CCN3CC2CC2)[C@H]1O5.O=C(N[C@@H]1CC[C@@]2(O)[C@H]3Cc4ccc(O)c5c4[C@@]2(CCN3CC2CC2)[C@H]1O5)c1ccncc1C1CCCC1. The van der Waals surface area contributed by atoms with Gasteiger partial charge >= 0.3 is 5.97 Å². The number of rotatable bonds is 19. The van der Waals surface area contributed by atoms with Crippen molar-refractivity contribution >= 4 is 29.6 Å². The first-order valence-corrected chi connectivity index (χ1v) is 55.0. The van der Waals surface area contributed by atoms with Crippen molar-refractivity contribution in [1.29, 1.82) is 0 Å². The first-order chi connectivity index (χ1) is 71.0. The summed E-state index contributed by atoms with van der Waals surface area (Å²) in [5.41, 5.74) is 6.96. The van der Waals surface area contributed by atoms with E-state index >= 15 is 0 Å². The van der Waals surface area contributed by atoms with Gasteiger partial charge in [-0.25, -0.2) is 4.79 Å². The number of amides is 4. The molecule has 0 radical (unpaired) electrons. The topological polar surface area (TPSA) is 406 Å². The fraction of sp³-hybridized carbons (Fsp3) is 0.581. The first-order valence-electron chi connectivity index (χ1n) is 55.0. The summed E-state index contributed by atoms with van der Waals surface area (Å²) in [5, 5.41) is 107. The Kier molecular flexibility index (Phi) is 22.7. The van der Waals surface area contributed by atoms with Crippen LogP contribution in [0.2, 0.25) is 0 Å². The summed E-state index contributed by atoms with van der Waals surface area (Å²) in [6.45, 7) is 16.0. The molecule has 4 aromatic heterocycles. The number of aromatic nitrogens is 4. The Labute approximate surface area is 856 Å². The Morgan fingerprint density at radius 3 is 1.02 bits per heavy atom. The maximum absolute atomic E-state index is 13.8. The molecule has 8 aliphatic heterocycles. The van der Waals surface area contributed by atoms with Crippen LogP contribution in [0, 0.1) is 23.7 Å². The zero-order valence-electron chi connectivity index (χ0n) is 84.8. The Bertz CT molecular complexity index is 6680. The summed E-state index contributed by atoms with van der Waals surface area (Å²) in [4.78, 5) is 93.4. The predicted octanol–water partition coefficient (Wildman–Crippen LogP) is 11.9. The van der Waals surface area contributed by atoms with Gasteiger partial charge in [0, 0.05) is 139 Å². The zero-order valence-corrected chi connectivity index (χ0v) is 84.8. The minimum Gasteiger partial charge on any atom is -0.504 e. The number of nitrogens with zero attached hydrogens (tertiary/aromatic N) is 8. The van der Waals surface area contributed by atoms with E-state index in [1.807, 2.05) is 43.5 Å². The Balaban J connectivity index is 0.0000000994. The Hall–Kier alpha value is -11.1. The third kappa shape index (κ3) is 14.5. The number of nitrogens with one attached hydrogen (secondary N) is 4. The lowest BCUT2D eigenvalue weighted by Crippen LogP contribution is -2.78. The van der Waals surface area contributed by atoms with Crippen LogP contribution in [-0.2, 0) is 63.9 Å². The van der Waals surface area contributed by atoms with Crippen molar-refractivity contribution in [3.05, 3.63) is 211 Å². The lowest BCUT2D eigenvalue weighted by molar-refractivity contribution is -0.191. The summed E-state index contributed by atoms with van der Waals surface area (Å²) in [7, 11) is 1.26. The van der Waals surface area contributed by atoms with Crippen LogP contribution in [0.1, 0.15) is 301 Å². The number of aromatic hydroxyl groups is 4. The number of carbonyl (C=O) groups is 5. The number of methoxy groups -OCH3 is 1. The van der Waals surface area contributed by atoms with Crippen LogP contribution < -0.4 is 40.2 Å². The number of piperidine rings is 4. The summed E-state index contributed by atoms with van der Waals surface area (Å²) in [6.07, 6.45) is 37.8. The highest BCUT2D eigenvalue weighted by Gasteiger charge is 2.79. The molecule has 0 unspecified atom stereocenters. The molecule has 147 heavy (non-hydrogen) atoms. The largest absolute Gasteiger partial charge is 0.504 e. The summed E-state index contributed by atoms with van der Waals surface area (Å²) in [5.74, 6) is 4.40. The van der Waals surface area contributed by atoms with Gasteiger partial charge in [0.05, 0.1) is 86.5 Å². The molecule has 4 saturated heterocycles. The lowest BCUT2D eigenvalue weighted by Gasteiger charge is -2.64. The minimum atomic E-state index is -1.02. The molecule has 29 rings (SSSR count). The molecule has 8 bridgehead atoms. The number of hydrogen-bond acceptors (Lipinski definition) is 26. The van der Waals surface area contributed by atoms with Crippen molar-refractivity contribution < 1.29 is 88.5 Å². The Morgan fingerprint density at radius 1 is 0.374 bits per heavy atom. The third-order valence-corrected chi connectivity index (χ3v) is 40.1. The molecular weight excluding hydrogens is 1860 g/mol. The van der Waals surface area contributed by atoms with Gasteiger partial charge in [-0.15, -0.1) is 0 Å². The molecule has 21 aliphatic rings. The van der Waals surface area contributed by atoms with Crippen molar-refractivity contribution in [2.45, 2.75) is 342 Å². The molecule has 8 aromatic rings. The summed E-state index contributed by atoms with van der Waals surface area (Å²) < 4.78 is 31.1. The number of hydrogen-bond donors (Lipinski definition) is 12. The van der Waals surface area contributed by atoms with Gasteiger partial charge in [0.1, 0.15) is 24.4 Å². The molecule has 30 nitrogen and oxygen atoms in total. The number of phenols is 4. The van der Waals surface area contributed by atoms with Gasteiger partial charge in [0.25, 0.3) is 23.6 Å². The number of likely N-dealkylation sites (tertiary alicyclic amines) is 4. The molecule has 13 fully saturated rings. The molecule has 4 spiro atoms. The highest BCUT2D eigenvalue weighted by Crippen LogP contribution is 2.72. The van der Waals surface area contributed by atoms with E-state index < -0.39 is 86.4 Å². The van der Waals surface area contributed by atoms with Crippen molar-refractivity contribution in [2.24, 2.45) is 23.7 Å². The average Bonchev–Trinajstić information content (AvgIpc) is 1.55. The second-order valence-corrected chi connectivity index (χ2v) is 48.6. The van der Waals surface area contributed by atoms with Crippen LogP contribution in [0.25, 0.3) is 0 Å². The smallest absolute Gasteiger partial charge is 0.340 e. The average molecular weight is 2000 g/mol. The molecule has 4 aromatic carbocycles. The van der Waals surface area contributed by atoms with Crippen LogP contribution in [0.15, 0.2) is 122 Å². The maximum Gasteiger partial charge on any atom is 0.340 e. The van der Waals surface area contributed by atoms with Gasteiger partial charge in [-0.3, -0.25) is 58.7 Å². The van der Waals surface area contributed by atoms with Crippen LogP contribution in [0.3, 0.4) is 0 Å². The highest BCUT2D eigenvalue weighted by atomic mass is 16.5. The molecule has 774 valence electrons. The van der Waals surface area contributed by atoms with Gasteiger partial charge in [0.2, 0.25) is 0 Å². The summed E-state index contributed by atoms with van der Waals surface area (Å²) in [6, 6.07) is 20.7. The molecule has 13 aliphatic carbocycles. The van der Waals surface area contributed by atoms with Crippen molar-refractivity contribution in [1.82, 2.24) is 60.8 Å². The van der Waals surface area contributed by atoms with E-state index in [0.717, 1.165) is 179 Å². The zero-order chi connectivity index (χ0) is 101. The van der Waals surface area contributed by atoms with Crippen molar-refractivity contribution in [3.63, 3.8) is 0 Å². The quantitative estimate of drug-likeness (QED) is 0.0335. The van der Waals surface area contributed by atoms with Crippen LogP contribution >= 0.6 is 0 Å². The minimum absolute atomic E-state index is 0.0280. The number of ether oxygens (including phenoxy) is 5. The highest BCUT2D eigenvalue weighted by molar-refractivity contribution is 6.05. The first kappa shape index (κ1) is 95.5. The number of aryl methyl sites for hydroxylation is 1. The van der Waals surface area contributed by atoms with Crippen LogP contribution in [0.4, 0.5) is 0 Å². The number of carbonyl (C=O) groups excluding carboxylic acids is 5. The van der Waals surface area contributed by atoms with Crippen LogP contribution in [0.5, 0.6) is 46.0 Å². The molecule has 30 heteroatoms. The maximum atomic E-state index is 13.8. The number of benzene rings is 4. The summed E-state index contributed by atoms with van der Waals surface area (Å²) >= 11 is 0.